The zero-order chi connectivity index (χ0) is 15.8. The van der Waals surface area contributed by atoms with E-state index < -0.39 is 6.04 Å². The molecule has 0 saturated carbocycles. The molecule has 2 N–H and O–H groups in total. The number of nitrogens with zero attached hydrogens (tertiary/aromatic N) is 1. The van der Waals surface area contributed by atoms with Gasteiger partial charge in [-0.2, -0.15) is 0 Å². The Bertz CT molecular complexity index is 574. The molecule has 0 radical (unpaired) electrons. The minimum Gasteiger partial charge on any atom is -0.341 e. The highest BCUT2D eigenvalue weighted by molar-refractivity contribution is 5.85. The Labute approximate surface area is 144 Å². The molecule has 0 spiro atoms. The number of carbonyl (C=O) groups is 1. The number of rotatable bonds is 7. The van der Waals surface area contributed by atoms with E-state index >= 15 is 0 Å². The highest BCUT2D eigenvalue weighted by Gasteiger charge is 2.19. The number of amides is 1. The molecule has 0 aliphatic heterocycles. The van der Waals surface area contributed by atoms with Crippen molar-refractivity contribution in [3.05, 3.63) is 71.8 Å². The van der Waals surface area contributed by atoms with Gasteiger partial charge in [0.2, 0.25) is 5.91 Å². The monoisotopic (exact) mass is 332 g/mol. The third kappa shape index (κ3) is 6.05. The van der Waals surface area contributed by atoms with Crippen molar-refractivity contribution in [2.75, 3.05) is 13.1 Å². The van der Waals surface area contributed by atoms with Crippen LogP contribution in [-0.4, -0.2) is 29.9 Å². The quantitative estimate of drug-likeness (QED) is 0.847. The van der Waals surface area contributed by atoms with Crippen molar-refractivity contribution in [3.8, 4) is 0 Å². The largest absolute Gasteiger partial charge is 0.341 e. The molecule has 1 atom stereocenters. The zero-order valence-electron chi connectivity index (χ0n) is 13.5. The summed E-state index contributed by atoms with van der Waals surface area (Å²) in [4.78, 5) is 14.3. The van der Waals surface area contributed by atoms with Crippen molar-refractivity contribution in [3.63, 3.8) is 0 Å². The molecular formula is C19H25ClN2O. The van der Waals surface area contributed by atoms with E-state index in [1.54, 1.807) is 0 Å². The first-order chi connectivity index (χ1) is 10.7. The third-order valence-electron chi connectivity index (χ3n) is 3.82. The molecule has 2 rings (SSSR count). The molecule has 1 amide bonds. The normalized spacial score (nSPS) is 11.4. The fourth-order valence-corrected chi connectivity index (χ4v) is 2.52. The van der Waals surface area contributed by atoms with Crippen LogP contribution >= 0.6 is 12.4 Å². The van der Waals surface area contributed by atoms with Crippen molar-refractivity contribution in [1.29, 1.82) is 0 Å². The predicted molar refractivity (Wildman–Crippen MR) is 97.8 cm³/mol. The SMILES string of the molecule is CCN(CCc1ccccc1)C(=O)[C@@H](N)Cc1ccccc1.Cl. The lowest BCUT2D eigenvalue weighted by Gasteiger charge is -2.24. The van der Waals surface area contributed by atoms with Gasteiger partial charge in [-0.1, -0.05) is 60.7 Å². The van der Waals surface area contributed by atoms with E-state index in [9.17, 15) is 4.79 Å². The molecule has 0 bridgehead atoms. The Balaban J connectivity index is 0.00000264. The van der Waals surface area contributed by atoms with Crippen LogP contribution in [0.4, 0.5) is 0 Å². The Morgan fingerprint density at radius 1 is 1.00 bits per heavy atom. The lowest BCUT2D eigenvalue weighted by atomic mass is 10.1. The first kappa shape index (κ1) is 19.2. The second kappa shape index (κ2) is 10.0. The van der Waals surface area contributed by atoms with Crippen LogP contribution in [0.25, 0.3) is 0 Å². The summed E-state index contributed by atoms with van der Waals surface area (Å²) in [7, 11) is 0. The maximum atomic E-state index is 12.5. The summed E-state index contributed by atoms with van der Waals surface area (Å²) in [5.74, 6) is 0.0299. The molecule has 0 aromatic heterocycles. The lowest BCUT2D eigenvalue weighted by molar-refractivity contribution is -0.132. The maximum Gasteiger partial charge on any atom is 0.239 e. The van der Waals surface area contributed by atoms with Gasteiger partial charge in [0.05, 0.1) is 6.04 Å². The van der Waals surface area contributed by atoms with E-state index in [-0.39, 0.29) is 18.3 Å². The molecule has 2 aromatic rings. The molecule has 0 aliphatic rings. The van der Waals surface area contributed by atoms with Crippen LogP contribution in [0.1, 0.15) is 18.1 Å². The minimum atomic E-state index is -0.474. The topological polar surface area (TPSA) is 46.3 Å². The summed E-state index contributed by atoms with van der Waals surface area (Å²) in [6.45, 7) is 3.40. The van der Waals surface area contributed by atoms with E-state index in [1.165, 1.54) is 5.56 Å². The summed E-state index contributed by atoms with van der Waals surface area (Å²) >= 11 is 0. The van der Waals surface area contributed by atoms with Gasteiger partial charge in [-0.05, 0) is 30.9 Å². The average molecular weight is 333 g/mol. The fraction of sp³-hybridized carbons (Fsp3) is 0.316. The molecule has 124 valence electrons. The molecule has 0 saturated heterocycles. The molecule has 3 nitrogen and oxygen atoms in total. The number of nitrogens with two attached hydrogens (primary N) is 1. The summed E-state index contributed by atoms with van der Waals surface area (Å²) in [5, 5.41) is 0. The second-order valence-electron chi connectivity index (χ2n) is 5.45. The Morgan fingerprint density at radius 3 is 2.04 bits per heavy atom. The smallest absolute Gasteiger partial charge is 0.239 e. The number of hydrogen-bond donors (Lipinski definition) is 1. The van der Waals surface area contributed by atoms with Gasteiger partial charge in [-0.15, -0.1) is 12.4 Å². The minimum absolute atomic E-state index is 0. The van der Waals surface area contributed by atoms with E-state index in [1.807, 2.05) is 60.4 Å². The standard InChI is InChI=1S/C19H24N2O.ClH/c1-2-21(14-13-16-9-5-3-6-10-16)19(22)18(20)15-17-11-7-4-8-12-17;/h3-12,18H,2,13-15,20H2,1H3;1H/t18-;/m0./s1. The van der Waals surface area contributed by atoms with Gasteiger partial charge in [-0.25, -0.2) is 0 Å². The molecular weight excluding hydrogens is 308 g/mol. The molecule has 0 heterocycles. The van der Waals surface area contributed by atoms with Gasteiger partial charge in [0.1, 0.15) is 0 Å². The average Bonchev–Trinajstić information content (AvgIpc) is 2.57. The third-order valence-corrected chi connectivity index (χ3v) is 3.82. The molecule has 2 aromatic carbocycles. The maximum absolute atomic E-state index is 12.5. The summed E-state index contributed by atoms with van der Waals surface area (Å²) in [5.41, 5.74) is 8.44. The molecule has 0 aliphatic carbocycles. The van der Waals surface area contributed by atoms with Gasteiger partial charge in [-0.3, -0.25) is 4.79 Å². The van der Waals surface area contributed by atoms with Crippen molar-refractivity contribution < 1.29 is 4.79 Å². The lowest BCUT2D eigenvalue weighted by Crippen LogP contribution is -2.45. The molecule has 0 unspecified atom stereocenters. The number of hydrogen-bond acceptors (Lipinski definition) is 2. The summed E-state index contributed by atoms with van der Waals surface area (Å²) < 4.78 is 0. The molecule has 0 fully saturated rings. The second-order valence-corrected chi connectivity index (χ2v) is 5.45. The predicted octanol–water partition coefficient (Wildman–Crippen LogP) is 3.07. The van der Waals surface area contributed by atoms with Crippen molar-refractivity contribution in [2.45, 2.75) is 25.8 Å². The van der Waals surface area contributed by atoms with E-state index in [2.05, 4.69) is 12.1 Å². The number of halogens is 1. The molecule has 4 heteroatoms. The first-order valence-corrected chi connectivity index (χ1v) is 7.83. The Hall–Kier alpha value is -1.84. The Morgan fingerprint density at radius 2 is 1.52 bits per heavy atom. The van der Waals surface area contributed by atoms with Crippen LogP contribution < -0.4 is 5.73 Å². The fourth-order valence-electron chi connectivity index (χ4n) is 2.52. The Kier molecular flexibility index (Phi) is 8.38. The van der Waals surface area contributed by atoms with E-state index in [0.29, 0.717) is 19.5 Å². The van der Waals surface area contributed by atoms with E-state index in [0.717, 1.165) is 12.0 Å². The summed E-state index contributed by atoms with van der Waals surface area (Å²) in [6, 6.07) is 19.7. The van der Waals surface area contributed by atoms with E-state index in [4.69, 9.17) is 5.73 Å². The van der Waals surface area contributed by atoms with Crippen LogP contribution in [0.3, 0.4) is 0 Å². The van der Waals surface area contributed by atoms with Crippen LogP contribution in [0, 0.1) is 0 Å². The highest BCUT2D eigenvalue weighted by Crippen LogP contribution is 2.06. The van der Waals surface area contributed by atoms with Crippen LogP contribution in [0.15, 0.2) is 60.7 Å². The first-order valence-electron chi connectivity index (χ1n) is 7.83. The van der Waals surface area contributed by atoms with Crippen LogP contribution in [0.5, 0.6) is 0 Å². The highest BCUT2D eigenvalue weighted by atomic mass is 35.5. The van der Waals surface area contributed by atoms with Crippen molar-refractivity contribution >= 4 is 18.3 Å². The van der Waals surface area contributed by atoms with Crippen LogP contribution in [0.2, 0.25) is 0 Å². The zero-order valence-corrected chi connectivity index (χ0v) is 14.3. The summed E-state index contributed by atoms with van der Waals surface area (Å²) in [6.07, 6.45) is 1.44. The van der Waals surface area contributed by atoms with Gasteiger partial charge in [0.15, 0.2) is 0 Å². The number of likely N-dealkylation sites (N-methyl/N-ethyl adjacent to an activating group) is 1. The van der Waals surface area contributed by atoms with Gasteiger partial charge >= 0.3 is 0 Å². The van der Waals surface area contributed by atoms with Gasteiger partial charge in [0.25, 0.3) is 0 Å². The van der Waals surface area contributed by atoms with Gasteiger partial charge in [0, 0.05) is 13.1 Å². The number of carbonyl (C=O) groups excluding carboxylic acids is 1. The van der Waals surface area contributed by atoms with Crippen molar-refractivity contribution in [2.24, 2.45) is 5.73 Å². The van der Waals surface area contributed by atoms with Crippen LogP contribution in [-0.2, 0) is 17.6 Å². The number of benzene rings is 2. The molecule has 23 heavy (non-hydrogen) atoms. The van der Waals surface area contributed by atoms with Crippen molar-refractivity contribution in [1.82, 2.24) is 4.90 Å². The van der Waals surface area contributed by atoms with Gasteiger partial charge < -0.3 is 10.6 Å².